The van der Waals surface area contributed by atoms with Gasteiger partial charge in [0.2, 0.25) is 0 Å². The molecule has 0 saturated carbocycles. The van der Waals surface area contributed by atoms with Gasteiger partial charge in [-0.2, -0.15) is 0 Å². The van der Waals surface area contributed by atoms with Gasteiger partial charge in [-0.05, 0) is 12.5 Å². The molecule has 3 heteroatoms. The van der Waals surface area contributed by atoms with E-state index in [4.69, 9.17) is 5.84 Å². The van der Waals surface area contributed by atoms with Crippen LogP contribution in [-0.4, -0.2) is 11.1 Å². The summed E-state index contributed by atoms with van der Waals surface area (Å²) in [6.45, 7) is 1.83. The Morgan fingerprint density at radius 3 is 2.42 bits per heavy atom. The van der Waals surface area contributed by atoms with Gasteiger partial charge in [-0.1, -0.05) is 30.3 Å². The highest BCUT2D eigenvalue weighted by Gasteiger charge is 2.13. The minimum atomic E-state index is -0.545. The molecule has 12 heavy (non-hydrogen) atoms. The first-order valence-electron chi connectivity index (χ1n) is 3.95. The van der Waals surface area contributed by atoms with E-state index in [1.165, 1.54) is 0 Å². The number of nitrogens with one attached hydrogen (secondary N) is 1. The summed E-state index contributed by atoms with van der Waals surface area (Å²) in [6.07, 6.45) is -0.545. The zero-order valence-corrected chi connectivity index (χ0v) is 7.07. The number of hydrogen-bond acceptors (Lipinski definition) is 3. The van der Waals surface area contributed by atoms with Crippen molar-refractivity contribution < 1.29 is 5.11 Å². The second-order valence-corrected chi connectivity index (χ2v) is 2.81. The van der Waals surface area contributed by atoms with Gasteiger partial charge >= 0.3 is 0 Å². The molecule has 0 aliphatic carbocycles. The molecule has 0 unspecified atom stereocenters. The van der Waals surface area contributed by atoms with Crippen LogP contribution in [0.5, 0.6) is 0 Å². The molecule has 0 amide bonds. The highest BCUT2D eigenvalue weighted by atomic mass is 16.3. The highest BCUT2D eigenvalue weighted by Crippen LogP contribution is 2.14. The molecule has 1 rings (SSSR count). The van der Waals surface area contributed by atoms with Crippen molar-refractivity contribution in [3.63, 3.8) is 0 Å². The molecule has 0 radical (unpaired) electrons. The van der Waals surface area contributed by atoms with Crippen molar-refractivity contribution in [3.05, 3.63) is 35.9 Å². The van der Waals surface area contributed by atoms with Gasteiger partial charge in [-0.3, -0.25) is 11.3 Å². The molecular weight excluding hydrogens is 152 g/mol. The van der Waals surface area contributed by atoms with Crippen LogP contribution in [0.15, 0.2) is 30.3 Å². The Morgan fingerprint density at radius 2 is 1.92 bits per heavy atom. The summed E-state index contributed by atoms with van der Waals surface area (Å²) in [5.74, 6) is 5.20. The number of benzene rings is 1. The fourth-order valence-corrected chi connectivity index (χ4v) is 1.03. The van der Waals surface area contributed by atoms with Gasteiger partial charge in [0.05, 0.1) is 6.10 Å². The lowest BCUT2D eigenvalue weighted by Crippen LogP contribution is -2.37. The Morgan fingerprint density at radius 1 is 1.33 bits per heavy atom. The van der Waals surface area contributed by atoms with Gasteiger partial charge in [0.15, 0.2) is 0 Å². The maximum Gasteiger partial charge on any atom is 0.0953 e. The topological polar surface area (TPSA) is 58.3 Å². The molecule has 1 aromatic rings. The van der Waals surface area contributed by atoms with Crippen molar-refractivity contribution in [2.45, 2.75) is 19.1 Å². The first-order valence-corrected chi connectivity index (χ1v) is 3.95. The molecule has 0 aromatic heterocycles. The van der Waals surface area contributed by atoms with Gasteiger partial charge in [-0.25, -0.2) is 0 Å². The molecule has 4 N–H and O–H groups in total. The Hall–Kier alpha value is -0.900. The van der Waals surface area contributed by atoms with Crippen molar-refractivity contribution in [3.8, 4) is 0 Å². The molecule has 0 saturated heterocycles. The lowest BCUT2D eigenvalue weighted by molar-refractivity contribution is 0.136. The van der Waals surface area contributed by atoms with Gasteiger partial charge in [0, 0.05) is 6.04 Å². The van der Waals surface area contributed by atoms with E-state index in [9.17, 15) is 5.11 Å². The van der Waals surface area contributed by atoms with E-state index in [2.05, 4.69) is 5.43 Å². The van der Waals surface area contributed by atoms with E-state index in [1.54, 1.807) is 0 Å². The number of rotatable bonds is 3. The fourth-order valence-electron chi connectivity index (χ4n) is 1.03. The molecule has 0 spiro atoms. The third-order valence-corrected chi connectivity index (χ3v) is 1.88. The Balaban J connectivity index is 2.71. The van der Waals surface area contributed by atoms with Gasteiger partial charge in [0.25, 0.3) is 0 Å². The van der Waals surface area contributed by atoms with E-state index in [-0.39, 0.29) is 6.04 Å². The Kier molecular flexibility index (Phi) is 3.22. The monoisotopic (exact) mass is 166 g/mol. The quantitative estimate of drug-likeness (QED) is 0.454. The number of aliphatic hydroxyl groups excluding tert-OH is 1. The molecule has 66 valence electrons. The minimum Gasteiger partial charge on any atom is -0.387 e. The van der Waals surface area contributed by atoms with Crippen LogP contribution in [-0.2, 0) is 0 Å². The van der Waals surface area contributed by atoms with Crippen molar-refractivity contribution >= 4 is 0 Å². The molecular formula is C9H14N2O. The van der Waals surface area contributed by atoms with Crippen LogP contribution >= 0.6 is 0 Å². The molecule has 1 aromatic carbocycles. The van der Waals surface area contributed by atoms with Crippen LogP contribution in [0, 0.1) is 0 Å². The van der Waals surface area contributed by atoms with E-state index in [0.29, 0.717) is 0 Å². The molecule has 0 fully saturated rings. The van der Waals surface area contributed by atoms with Crippen molar-refractivity contribution in [2.75, 3.05) is 0 Å². The van der Waals surface area contributed by atoms with Crippen molar-refractivity contribution in [1.82, 2.24) is 5.43 Å². The van der Waals surface area contributed by atoms with E-state index >= 15 is 0 Å². The zero-order chi connectivity index (χ0) is 8.97. The summed E-state index contributed by atoms with van der Waals surface area (Å²) in [7, 11) is 0. The summed E-state index contributed by atoms with van der Waals surface area (Å²) >= 11 is 0. The molecule has 2 atom stereocenters. The summed E-state index contributed by atoms with van der Waals surface area (Å²) < 4.78 is 0. The van der Waals surface area contributed by atoms with Crippen LogP contribution in [0.1, 0.15) is 18.6 Å². The van der Waals surface area contributed by atoms with E-state index in [0.717, 1.165) is 5.56 Å². The summed E-state index contributed by atoms with van der Waals surface area (Å²) in [6, 6.07) is 9.31. The third kappa shape index (κ3) is 2.04. The lowest BCUT2D eigenvalue weighted by Gasteiger charge is -2.17. The van der Waals surface area contributed by atoms with E-state index in [1.807, 2.05) is 37.3 Å². The van der Waals surface area contributed by atoms with Crippen molar-refractivity contribution in [1.29, 1.82) is 0 Å². The standard InChI is InChI=1S/C9H14N2O/c1-7(11-10)9(12)8-5-3-2-4-6-8/h2-7,9,11-12H,10H2,1H3/t7-,9-/m0/s1. The minimum absolute atomic E-state index is 0.132. The lowest BCUT2D eigenvalue weighted by atomic mass is 10.0. The first kappa shape index (κ1) is 9.19. The second-order valence-electron chi connectivity index (χ2n) is 2.81. The second kappa shape index (κ2) is 4.21. The van der Waals surface area contributed by atoms with Crippen LogP contribution < -0.4 is 11.3 Å². The Labute approximate surface area is 72.2 Å². The maximum absolute atomic E-state index is 9.65. The third-order valence-electron chi connectivity index (χ3n) is 1.88. The van der Waals surface area contributed by atoms with Crippen LogP contribution in [0.3, 0.4) is 0 Å². The van der Waals surface area contributed by atoms with Crippen LogP contribution in [0.25, 0.3) is 0 Å². The molecule has 0 aliphatic heterocycles. The number of nitrogens with two attached hydrogens (primary N) is 1. The van der Waals surface area contributed by atoms with Crippen molar-refractivity contribution in [2.24, 2.45) is 5.84 Å². The summed E-state index contributed by atoms with van der Waals surface area (Å²) in [5, 5.41) is 9.65. The Bertz CT molecular complexity index is 225. The van der Waals surface area contributed by atoms with Gasteiger partial charge in [-0.15, -0.1) is 0 Å². The normalized spacial score (nSPS) is 15.6. The number of hydrazine groups is 1. The van der Waals surface area contributed by atoms with E-state index < -0.39 is 6.10 Å². The highest BCUT2D eigenvalue weighted by molar-refractivity contribution is 5.18. The van der Waals surface area contributed by atoms with Crippen LogP contribution in [0.4, 0.5) is 0 Å². The number of hydrogen-bond donors (Lipinski definition) is 3. The average Bonchev–Trinajstić information content (AvgIpc) is 2.17. The molecule has 3 nitrogen and oxygen atoms in total. The smallest absolute Gasteiger partial charge is 0.0953 e. The predicted molar refractivity (Wildman–Crippen MR) is 48.2 cm³/mol. The van der Waals surface area contributed by atoms with Gasteiger partial charge in [0.1, 0.15) is 0 Å². The maximum atomic E-state index is 9.65. The van der Waals surface area contributed by atoms with Crippen LogP contribution in [0.2, 0.25) is 0 Å². The summed E-state index contributed by atoms with van der Waals surface area (Å²) in [4.78, 5) is 0. The summed E-state index contributed by atoms with van der Waals surface area (Å²) in [5.41, 5.74) is 3.39. The largest absolute Gasteiger partial charge is 0.387 e. The van der Waals surface area contributed by atoms with Gasteiger partial charge < -0.3 is 5.11 Å². The molecule has 0 bridgehead atoms. The first-order chi connectivity index (χ1) is 5.75. The number of aliphatic hydroxyl groups is 1. The molecule has 0 aliphatic rings. The SMILES string of the molecule is C[C@H](NN)[C@H](O)c1ccccc1. The fraction of sp³-hybridized carbons (Fsp3) is 0.333. The predicted octanol–water partition coefficient (Wildman–Crippen LogP) is 0.572. The zero-order valence-electron chi connectivity index (χ0n) is 7.07. The molecule has 0 heterocycles. The average molecular weight is 166 g/mol.